The van der Waals surface area contributed by atoms with Gasteiger partial charge in [0.15, 0.2) is 11.6 Å². The number of carbonyl (C=O) groups excluding carboxylic acids is 1. The number of carboxylic acids is 1. The van der Waals surface area contributed by atoms with Crippen molar-refractivity contribution in [2.24, 2.45) is 0 Å². The largest absolute Gasteiger partial charge is 0.487 e. The smallest absolute Gasteiger partial charge is 0.477 e. The minimum absolute atomic E-state index is 0.0379. The number of nitrogens with one attached hydrogen (secondary N) is 1. The Morgan fingerprint density at radius 2 is 1.74 bits per heavy atom. The third kappa shape index (κ3) is 6.23. The predicted octanol–water partition coefficient (Wildman–Crippen LogP) is 5.13. The SMILES string of the molecule is O=C(O)C(=CNc1ccc(CN2CCCC2)cc1)C(=O)c1cc(F)c(F)c(OC(F)(F)Cl)c1F. The predicted molar refractivity (Wildman–Crippen MR) is 112 cm³/mol. The third-order valence-corrected chi connectivity index (χ3v) is 5.07. The second-order valence-electron chi connectivity index (χ2n) is 7.43. The second-order valence-corrected chi connectivity index (χ2v) is 7.87. The first-order chi connectivity index (χ1) is 16.0. The molecule has 2 aromatic rings. The fraction of sp³-hybridized carbons (Fsp3) is 0.273. The molecule has 0 saturated carbocycles. The minimum Gasteiger partial charge on any atom is -0.477 e. The Bertz CT molecular complexity index is 1110. The topological polar surface area (TPSA) is 78.9 Å². The molecule has 1 fully saturated rings. The monoisotopic (exact) mass is 504 g/mol. The van der Waals surface area contributed by atoms with Gasteiger partial charge in [-0.3, -0.25) is 9.69 Å². The van der Waals surface area contributed by atoms with Crippen molar-refractivity contribution in [1.82, 2.24) is 4.90 Å². The number of ether oxygens (including phenoxy) is 1. The van der Waals surface area contributed by atoms with E-state index >= 15 is 0 Å². The average Bonchev–Trinajstić information content (AvgIpc) is 3.27. The molecule has 0 amide bonds. The number of likely N-dealkylation sites (tertiary alicyclic amines) is 1. The molecule has 2 aromatic carbocycles. The van der Waals surface area contributed by atoms with Crippen molar-refractivity contribution in [2.75, 3.05) is 18.4 Å². The van der Waals surface area contributed by atoms with Crippen molar-refractivity contribution >= 4 is 29.0 Å². The van der Waals surface area contributed by atoms with Gasteiger partial charge in [-0.15, -0.1) is 8.78 Å². The molecular weight excluding hydrogens is 487 g/mol. The Labute approximate surface area is 195 Å². The second kappa shape index (κ2) is 10.4. The van der Waals surface area contributed by atoms with Crippen LogP contribution < -0.4 is 10.1 Å². The van der Waals surface area contributed by atoms with Crippen molar-refractivity contribution in [3.05, 3.63) is 70.7 Å². The molecule has 0 aliphatic carbocycles. The van der Waals surface area contributed by atoms with Crippen molar-refractivity contribution in [1.29, 1.82) is 0 Å². The highest BCUT2D eigenvalue weighted by molar-refractivity contribution is 6.24. The number of anilines is 1. The zero-order valence-electron chi connectivity index (χ0n) is 17.4. The highest BCUT2D eigenvalue weighted by Crippen LogP contribution is 2.34. The zero-order valence-corrected chi connectivity index (χ0v) is 18.1. The summed E-state index contributed by atoms with van der Waals surface area (Å²) in [6, 6.07) is 6.87. The van der Waals surface area contributed by atoms with Gasteiger partial charge in [0.05, 0.1) is 5.56 Å². The summed E-state index contributed by atoms with van der Waals surface area (Å²) in [6.07, 6.45) is 2.99. The van der Waals surface area contributed by atoms with E-state index in [1.165, 1.54) is 0 Å². The van der Waals surface area contributed by atoms with Crippen LogP contribution in [0.25, 0.3) is 0 Å². The van der Waals surface area contributed by atoms with E-state index in [4.69, 9.17) is 0 Å². The third-order valence-electron chi connectivity index (χ3n) is 5.00. The standard InChI is InChI=1S/C22H18ClF5N2O4/c23-22(27,28)34-20-17(25)14(9-16(24)18(20)26)19(31)15(21(32)33)10-29-13-5-3-12(4-6-13)11-30-7-1-2-8-30/h3-6,9-10,29H,1-2,7-8,11H2,(H,32,33). The van der Waals surface area contributed by atoms with E-state index in [0.29, 0.717) is 5.69 Å². The summed E-state index contributed by atoms with van der Waals surface area (Å²) < 4.78 is 71.3. The summed E-state index contributed by atoms with van der Waals surface area (Å²) in [4.78, 5) is 26.4. The number of ketones is 1. The molecule has 2 N–H and O–H groups in total. The number of halogens is 6. The van der Waals surface area contributed by atoms with Gasteiger partial charge in [0.2, 0.25) is 17.3 Å². The minimum atomic E-state index is -4.62. The molecule has 34 heavy (non-hydrogen) atoms. The number of rotatable bonds is 9. The quantitative estimate of drug-likeness (QED) is 0.0937. The number of aliphatic carboxylic acids is 1. The van der Waals surface area contributed by atoms with Gasteiger partial charge < -0.3 is 15.2 Å². The molecule has 3 rings (SSSR count). The van der Waals surface area contributed by atoms with E-state index in [1.54, 1.807) is 24.3 Å². The number of benzene rings is 2. The van der Waals surface area contributed by atoms with Gasteiger partial charge in [0, 0.05) is 30.0 Å². The van der Waals surface area contributed by atoms with Gasteiger partial charge in [-0.2, -0.15) is 4.39 Å². The van der Waals surface area contributed by atoms with E-state index in [1.807, 2.05) is 0 Å². The molecule has 0 spiro atoms. The van der Waals surface area contributed by atoms with Crippen molar-refractivity contribution in [3.63, 3.8) is 0 Å². The van der Waals surface area contributed by atoms with Crippen molar-refractivity contribution in [2.45, 2.75) is 25.0 Å². The number of hydrogen-bond donors (Lipinski definition) is 2. The summed E-state index contributed by atoms with van der Waals surface area (Å²) in [6.45, 7) is 2.75. The van der Waals surface area contributed by atoms with Crippen LogP contribution in [0.1, 0.15) is 28.8 Å². The molecule has 182 valence electrons. The van der Waals surface area contributed by atoms with Crippen molar-refractivity contribution in [3.8, 4) is 5.75 Å². The van der Waals surface area contributed by atoms with E-state index in [0.717, 1.165) is 44.2 Å². The molecule has 0 radical (unpaired) electrons. The molecule has 1 heterocycles. The number of alkyl halides is 3. The van der Waals surface area contributed by atoms with E-state index in [2.05, 4.69) is 26.6 Å². The van der Waals surface area contributed by atoms with Gasteiger partial charge in [-0.25, -0.2) is 13.6 Å². The Kier molecular flexibility index (Phi) is 7.78. The summed E-state index contributed by atoms with van der Waals surface area (Å²) >= 11 is 4.47. The molecule has 0 aromatic heterocycles. The van der Waals surface area contributed by atoms with Crippen LogP contribution in [-0.2, 0) is 11.3 Å². The Hall–Kier alpha value is -3.18. The van der Waals surface area contributed by atoms with E-state index in [-0.39, 0.29) is 6.07 Å². The van der Waals surface area contributed by atoms with Gasteiger partial charge in [0.1, 0.15) is 5.57 Å². The van der Waals surface area contributed by atoms with Gasteiger partial charge >= 0.3 is 11.5 Å². The lowest BCUT2D eigenvalue weighted by Crippen LogP contribution is -2.21. The van der Waals surface area contributed by atoms with Crippen LogP contribution in [0.15, 0.2) is 42.1 Å². The maximum Gasteiger partial charge on any atom is 0.487 e. The number of carbonyl (C=O) groups is 2. The van der Waals surface area contributed by atoms with Crippen molar-refractivity contribution < 1.29 is 41.4 Å². The van der Waals surface area contributed by atoms with Crippen LogP contribution in [0.4, 0.5) is 27.6 Å². The first kappa shape index (κ1) is 25.4. The van der Waals surface area contributed by atoms with Crippen LogP contribution in [0.3, 0.4) is 0 Å². The van der Waals surface area contributed by atoms with Crippen LogP contribution in [0.2, 0.25) is 0 Å². The zero-order chi connectivity index (χ0) is 25.0. The lowest BCUT2D eigenvalue weighted by molar-refractivity contribution is -0.132. The van der Waals surface area contributed by atoms with Gasteiger partial charge in [-0.05, 0) is 49.7 Å². The summed E-state index contributed by atoms with van der Waals surface area (Å²) in [5, 5.41) is 11.9. The van der Waals surface area contributed by atoms with E-state index < -0.39 is 51.7 Å². The maximum atomic E-state index is 14.5. The molecule has 0 atom stereocenters. The lowest BCUT2D eigenvalue weighted by Gasteiger charge is -2.15. The van der Waals surface area contributed by atoms with Crippen LogP contribution in [0.5, 0.6) is 5.75 Å². The molecule has 0 unspecified atom stereocenters. The number of hydrogen-bond acceptors (Lipinski definition) is 5. The average molecular weight is 505 g/mol. The number of nitrogens with zero attached hydrogens (tertiary/aromatic N) is 1. The van der Waals surface area contributed by atoms with Gasteiger partial charge in [-0.1, -0.05) is 12.1 Å². The van der Waals surface area contributed by atoms with Crippen LogP contribution in [0, 0.1) is 17.5 Å². The van der Waals surface area contributed by atoms with E-state index in [9.17, 15) is 36.6 Å². The number of carboxylic acid groups (broad SMARTS) is 1. The Morgan fingerprint density at radius 3 is 2.29 bits per heavy atom. The first-order valence-corrected chi connectivity index (χ1v) is 10.3. The number of Topliss-reactive ketones (excluding diaryl/α,β-unsaturated/α-hetero) is 1. The fourth-order valence-corrected chi connectivity index (χ4v) is 3.46. The first-order valence-electron chi connectivity index (χ1n) is 9.95. The molecule has 1 aliphatic heterocycles. The Morgan fingerprint density at radius 1 is 1.12 bits per heavy atom. The molecule has 1 aliphatic rings. The van der Waals surface area contributed by atoms with Crippen LogP contribution >= 0.6 is 11.6 Å². The molecule has 0 bridgehead atoms. The van der Waals surface area contributed by atoms with Crippen LogP contribution in [-0.4, -0.2) is 40.4 Å². The van der Waals surface area contributed by atoms with Gasteiger partial charge in [0.25, 0.3) is 0 Å². The normalized spacial score (nSPS) is 14.8. The molecule has 1 saturated heterocycles. The fourth-order valence-electron chi connectivity index (χ4n) is 3.38. The Balaban J connectivity index is 1.83. The summed E-state index contributed by atoms with van der Waals surface area (Å²) in [5.41, 5.74) is -5.64. The highest BCUT2D eigenvalue weighted by atomic mass is 35.5. The highest BCUT2D eigenvalue weighted by Gasteiger charge is 2.35. The molecule has 6 nitrogen and oxygen atoms in total. The maximum absolute atomic E-state index is 14.5. The summed E-state index contributed by atoms with van der Waals surface area (Å²) in [7, 11) is 0. The lowest BCUT2D eigenvalue weighted by atomic mass is 10.0. The summed E-state index contributed by atoms with van der Waals surface area (Å²) in [5.74, 6) is -11.5. The molecular formula is C22H18ClF5N2O4. The molecule has 12 heteroatoms.